The summed E-state index contributed by atoms with van der Waals surface area (Å²) in [6, 6.07) is 5.78. The van der Waals surface area contributed by atoms with E-state index in [1.165, 1.54) is 0 Å². The number of pyridine rings is 2. The van der Waals surface area contributed by atoms with E-state index >= 15 is 0 Å². The number of anilines is 2. The molecule has 196 valence electrons. The highest BCUT2D eigenvalue weighted by Crippen LogP contribution is 2.35. The lowest BCUT2D eigenvalue weighted by Gasteiger charge is -2.40. The number of carbonyl (C=O) groups excluding carboxylic acids is 1. The van der Waals surface area contributed by atoms with Crippen molar-refractivity contribution in [3.8, 4) is 11.3 Å². The van der Waals surface area contributed by atoms with Crippen molar-refractivity contribution in [2.45, 2.75) is 64.5 Å². The Balaban J connectivity index is 1.29. The van der Waals surface area contributed by atoms with Crippen molar-refractivity contribution < 1.29 is 9.53 Å². The number of hydrogen-bond donors (Lipinski definition) is 1. The van der Waals surface area contributed by atoms with Crippen LogP contribution in [0.25, 0.3) is 22.4 Å². The third kappa shape index (κ3) is 5.71. The zero-order chi connectivity index (χ0) is 26.2. The van der Waals surface area contributed by atoms with E-state index in [1.54, 1.807) is 12.4 Å². The molecule has 2 fully saturated rings. The largest absolute Gasteiger partial charge is 0.444 e. The van der Waals surface area contributed by atoms with Gasteiger partial charge >= 0.3 is 6.09 Å². The SMILES string of the molecule is CC1(NC(=O)OC(C)(C)C)CCN(c2cnc3nc(-c4ccnc(N5CCCC5)c4Cl)ccc3n2)CC1. The molecule has 3 aromatic rings. The molecule has 0 unspecified atom stereocenters. The lowest BCUT2D eigenvalue weighted by atomic mass is 9.90. The number of ether oxygens (including phenoxy) is 1. The molecule has 2 aliphatic heterocycles. The molecule has 5 heterocycles. The maximum Gasteiger partial charge on any atom is 0.408 e. The number of rotatable bonds is 4. The Labute approximate surface area is 222 Å². The minimum atomic E-state index is -0.519. The zero-order valence-electron chi connectivity index (χ0n) is 21.9. The first kappa shape index (κ1) is 25.4. The minimum Gasteiger partial charge on any atom is -0.444 e. The Morgan fingerprint density at radius 2 is 1.76 bits per heavy atom. The number of aromatic nitrogens is 4. The summed E-state index contributed by atoms with van der Waals surface area (Å²) in [5.74, 6) is 1.62. The van der Waals surface area contributed by atoms with E-state index < -0.39 is 5.60 Å². The van der Waals surface area contributed by atoms with Crippen LogP contribution in [-0.4, -0.2) is 63.3 Å². The molecule has 5 rings (SSSR count). The number of piperidine rings is 1. The predicted molar refractivity (Wildman–Crippen MR) is 146 cm³/mol. The van der Waals surface area contributed by atoms with Crippen molar-refractivity contribution in [3.63, 3.8) is 0 Å². The van der Waals surface area contributed by atoms with Gasteiger partial charge in [0.2, 0.25) is 0 Å². The molecule has 1 N–H and O–H groups in total. The highest BCUT2D eigenvalue weighted by atomic mass is 35.5. The van der Waals surface area contributed by atoms with E-state index in [0.717, 1.165) is 80.3 Å². The van der Waals surface area contributed by atoms with Gasteiger partial charge in [0.25, 0.3) is 0 Å². The molecule has 0 atom stereocenters. The molecule has 0 aromatic carbocycles. The lowest BCUT2D eigenvalue weighted by molar-refractivity contribution is 0.0448. The number of carbonyl (C=O) groups is 1. The van der Waals surface area contributed by atoms with Gasteiger partial charge in [0.05, 0.1) is 16.9 Å². The molecule has 9 nitrogen and oxygen atoms in total. The highest BCUT2D eigenvalue weighted by molar-refractivity contribution is 6.35. The number of alkyl carbamates (subject to hydrolysis) is 1. The third-order valence-corrected chi connectivity index (χ3v) is 7.31. The summed E-state index contributed by atoms with van der Waals surface area (Å²) in [5.41, 5.74) is 2.06. The monoisotopic (exact) mass is 523 g/mol. The van der Waals surface area contributed by atoms with Crippen LogP contribution in [0.4, 0.5) is 16.4 Å². The number of amides is 1. The quantitative estimate of drug-likeness (QED) is 0.497. The summed E-state index contributed by atoms with van der Waals surface area (Å²) in [5, 5.41) is 3.67. The molecule has 2 saturated heterocycles. The number of nitrogens with zero attached hydrogens (tertiary/aromatic N) is 6. The van der Waals surface area contributed by atoms with E-state index in [-0.39, 0.29) is 11.6 Å². The van der Waals surface area contributed by atoms with Gasteiger partial charge in [-0.15, -0.1) is 0 Å². The number of fused-ring (bicyclic) bond motifs is 1. The van der Waals surface area contributed by atoms with Crippen LogP contribution in [0.1, 0.15) is 53.4 Å². The molecule has 0 aliphatic carbocycles. The van der Waals surface area contributed by atoms with Crippen LogP contribution in [0.2, 0.25) is 5.02 Å². The topological polar surface area (TPSA) is 96.4 Å². The van der Waals surface area contributed by atoms with Crippen LogP contribution < -0.4 is 15.1 Å². The van der Waals surface area contributed by atoms with Crippen molar-refractivity contribution in [2.75, 3.05) is 36.0 Å². The van der Waals surface area contributed by atoms with E-state index in [2.05, 4.69) is 32.0 Å². The van der Waals surface area contributed by atoms with Crippen molar-refractivity contribution in [1.29, 1.82) is 0 Å². The number of hydrogen-bond acceptors (Lipinski definition) is 8. The van der Waals surface area contributed by atoms with Gasteiger partial charge in [-0.05, 0) is 71.6 Å². The Hall–Kier alpha value is -3.20. The summed E-state index contributed by atoms with van der Waals surface area (Å²) < 4.78 is 5.44. The second kappa shape index (κ2) is 9.93. The molecule has 0 spiro atoms. The molecule has 0 saturated carbocycles. The molecular weight excluding hydrogens is 490 g/mol. The number of nitrogens with one attached hydrogen (secondary N) is 1. The van der Waals surface area contributed by atoms with Crippen LogP contribution in [0.5, 0.6) is 0 Å². The second-order valence-electron chi connectivity index (χ2n) is 11.1. The van der Waals surface area contributed by atoms with Crippen molar-refractivity contribution in [1.82, 2.24) is 25.3 Å². The Morgan fingerprint density at radius 3 is 2.46 bits per heavy atom. The second-order valence-corrected chi connectivity index (χ2v) is 11.5. The lowest BCUT2D eigenvalue weighted by Crippen LogP contribution is -2.54. The Kier molecular flexibility index (Phi) is 6.83. The maximum atomic E-state index is 12.3. The molecule has 1 amide bonds. The van der Waals surface area contributed by atoms with E-state index in [0.29, 0.717) is 10.7 Å². The van der Waals surface area contributed by atoms with Gasteiger partial charge in [-0.3, -0.25) is 0 Å². The van der Waals surface area contributed by atoms with E-state index in [1.807, 2.05) is 39.0 Å². The van der Waals surface area contributed by atoms with Gasteiger partial charge in [0.1, 0.15) is 22.8 Å². The Morgan fingerprint density at radius 1 is 1.03 bits per heavy atom. The number of halogens is 1. The standard InChI is InChI=1S/C27H34ClN7O2/c1-26(2,3)37-25(36)33-27(4)10-15-34(16-11-27)21-17-30-23-20(31-21)8-7-19(32-23)18-9-12-29-24(22(18)28)35-13-5-6-14-35/h7-9,12,17H,5-6,10-11,13-16H2,1-4H3,(H,33,36). The molecule has 3 aromatic heterocycles. The first-order valence-electron chi connectivity index (χ1n) is 12.9. The molecule has 10 heteroatoms. The smallest absolute Gasteiger partial charge is 0.408 e. The highest BCUT2D eigenvalue weighted by Gasteiger charge is 2.33. The van der Waals surface area contributed by atoms with Crippen molar-refractivity contribution in [2.24, 2.45) is 0 Å². The van der Waals surface area contributed by atoms with Crippen LogP contribution in [0.3, 0.4) is 0 Å². The van der Waals surface area contributed by atoms with Crippen LogP contribution >= 0.6 is 11.6 Å². The van der Waals surface area contributed by atoms with Crippen LogP contribution in [0, 0.1) is 0 Å². The summed E-state index contributed by atoms with van der Waals surface area (Å²) in [6.07, 6.45) is 7.06. The van der Waals surface area contributed by atoms with Gasteiger partial charge in [-0.2, -0.15) is 0 Å². The van der Waals surface area contributed by atoms with Crippen molar-refractivity contribution >= 4 is 40.5 Å². The van der Waals surface area contributed by atoms with Gasteiger partial charge in [0, 0.05) is 43.5 Å². The summed E-state index contributed by atoms with van der Waals surface area (Å²) in [7, 11) is 0. The zero-order valence-corrected chi connectivity index (χ0v) is 22.7. The van der Waals surface area contributed by atoms with Gasteiger partial charge < -0.3 is 19.9 Å². The van der Waals surface area contributed by atoms with Crippen molar-refractivity contribution in [3.05, 3.63) is 35.6 Å². The molecule has 2 aliphatic rings. The first-order valence-corrected chi connectivity index (χ1v) is 13.3. The van der Waals surface area contributed by atoms with Crippen LogP contribution in [0.15, 0.2) is 30.6 Å². The summed E-state index contributed by atoms with van der Waals surface area (Å²) in [6.45, 7) is 11.1. The summed E-state index contributed by atoms with van der Waals surface area (Å²) in [4.78, 5) is 35.4. The molecular formula is C27H34ClN7O2. The van der Waals surface area contributed by atoms with E-state index in [9.17, 15) is 4.79 Å². The third-order valence-electron chi connectivity index (χ3n) is 6.94. The normalized spacial score (nSPS) is 17.8. The fourth-order valence-corrected chi connectivity index (χ4v) is 5.21. The minimum absolute atomic E-state index is 0.322. The molecule has 0 radical (unpaired) electrons. The maximum absolute atomic E-state index is 12.3. The average molecular weight is 524 g/mol. The van der Waals surface area contributed by atoms with Crippen LogP contribution in [-0.2, 0) is 4.74 Å². The summed E-state index contributed by atoms with van der Waals surface area (Å²) >= 11 is 6.77. The molecule has 0 bridgehead atoms. The van der Waals surface area contributed by atoms with Gasteiger partial charge in [-0.25, -0.2) is 24.7 Å². The predicted octanol–water partition coefficient (Wildman–Crippen LogP) is 5.22. The van der Waals surface area contributed by atoms with Gasteiger partial charge in [0.15, 0.2) is 5.65 Å². The fraction of sp³-hybridized carbons (Fsp3) is 0.519. The average Bonchev–Trinajstić information content (AvgIpc) is 3.37. The first-order chi connectivity index (χ1) is 17.6. The van der Waals surface area contributed by atoms with Gasteiger partial charge in [-0.1, -0.05) is 11.6 Å². The Bertz CT molecular complexity index is 1300. The van der Waals surface area contributed by atoms with E-state index in [4.69, 9.17) is 26.3 Å². The molecule has 37 heavy (non-hydrogen) atoms. The fourth-order valence-electron chi connectivity index (χ4n) is 4.88.